The molecule has 124 valence electrons. The second-order valence-corrected chi connectivity index (χ2v) is 5.68. The van der Waals surface area contributed by atoms with Gasteiger partial charge in [-0.05, 0) is 38.2 Å². The van der Waals surface area contributed by atoms with Crippen LogP contribution in [0.5, 0.6) is 0 Å². The molecule has 2 N–H and O–H groups in total. The third-order valence-corrected chi connectivity index (χ3v) is 3.92. The van der Waals surface area contributed by atoms with Gasteiger partial charge in [0.25, 0.3) is 0 Å². The molecule has 0 spiro atoms. The van der Waals surface area contributed by atoms with Crippen molar-refractivity contribution in [3.8, 4) is 23.7 Å². The van der Waals surface area contributed by atoms with Crippen LogP contribution in [0, 0.1) is 23.7 Å². The predicted molar refractivity (Wildman–Crippen MR) is 88.2 cm³/mol. The Labute approximate surface area is 138 Å². The van der Waals surface area contributed by atoms with E-state index in [4.69, 9.17) is 14.6 Å². The van der Waals surface area contributed by atoms with Gasteiger partial charge in [-0.3, -0.25) is 0 Å². The van der Waals surface area contributed by atoms with Gasteiger partial charge in [-0.25, -0.2) is 0 Å². The second kappa shape index (κ2) is 9.55. The molecule has 1 heterocycles. The summed E-state index contributed by atoms with van der Waals surface area (Å²) in [5, 5.41) is 19.2. The molecule has 0 aromatic heterocycles. The highest BCUT2D eigenvalue weighted by Crippen LogP contribution is 2.32. The highest BCUT2D eigenvalue weighted by Gasteiger charge is 2.33. The molecule has 1 fully saturated rings. The van der Waals surface area contributed by atoms with E-state index < -0.39 is 5.60 Å². The lowest BCUT2D eigenvalue weighted by atomic mass is 9.92. The van der Waals surface area contributed by atoms with Crippen LogP contribution in [0.1, 0.15) is 38.5 Å². The Bertz CT molecular complexity index is 549. The molecule has 2 unspecified atom stereocenters. The predicted octanol–water partition coefficient (Wildman–Crippen LogP) is 1.93. The summed E-state index contributed by atoms with van der Waals surface area (Å²) in [6, 6.07) is 0. The fourth-order valence-electron chi connectivity index (χ4n) is 2.63. The molecule has 1 aliphatic carbocycles. The van der Waals surface area contributed by atoms with Gasteiger partial charge in [0.2, 0.25) is 0 Å². The summed E-state index contributed by atoms with van der Waals surface area (Å²) in [5.74, 6) is 11.3. The van der Waals surface area contributed by atoms with Crippen molar-refractivity contribution in [2.75, 3.05) is 19.8 Å². The smallest absolute Gasteiger partial charge is 0.157 e. The first-order valence-corrected chi connectivity index (χ1v) is 8.14. The molecule has 0 amide bonds. The molecule has 0 aromatic rings. The van der Waals surface area contributed by atoms with Crippen molar-refractivity contribution in [2.45, 2.75) is 50.4 Å². The molecule has 4 nitrogen and oxygen atoms in total. The summed E-state index contributed by atoms with van der Waals surface area (Å²) in [6.07, 6.45) is 10.4. The number of aliphatic hydroxyl groups excluding tert-OH is 1. The largest absolute Gasteiger partial charge is 0.384 e. The zero-order valence-corrected chi connectivity index (χ0v) is 13.4. The Balaban J connectivity index is 1.77. The zero-order valence-electron chi connectivity index (χ0n) is 13.4. The maximum Gasteiger partial charge on any atom is 0.157 e. The lowest BCUT2D eigenvalue weighted by Gasteiger charge is -2.21. The fraction of sp³-hybridized carbons (Fsp3) is 0.579. The molecule has 0 radical (unpaired) electrons. The first kappa shape index (κ1) is 17.8. The average Bonchev–Trinajstić information content (AvgIpc) is 2.93. The van der Waals surface area contributed by atoms with E-state index in [0.29, 0.717) is 25.0 Å². The standard InChI is InChI=1S/C19H24O4/c20-14-5-4-12-19(21)13-8-10-17(19)9-2-1-6-15-22-18-11-3-7-16-23-18/h1,6,10,18,20-21H,3,7-8,11-16H2. The summed E-state index contributed by atoms with van der Waals surface area (Å²) in [5.41, 5.74) is -0.263. The van der Waals surface area contributed by atoms with Gasteiger partial charge >= 0.3 is 0 Å². The second-order valence-electron chi connectivity index (χ2n) is 5.68. The normalized spacial score (nSPS) is 27.0. The molecule has 4 heteroatoms. The lowest BCUT2D eigenvalue weighted by molar-refractivity contribution is -0.155. The summed E-state index contributed by atoms with van der Waals surface area (Å²) in [6.45, 7) is 1.07. The van der Waals surface area contributed by atoms with Crippen molar-refractivity contribution >= 4 is 0 Å². The number of allylic oxidation sites excluding steroid dienone is 2. The maximum atomic E-state index is 10.5. The molecule has 2 atom stereocenters. The lowest BCUT2D eigenvalue weighted by Crippen LogP contribution is -2.26. The van der Waals surface area contributed by atoms with Gasteiger partial charge in [0.1, 0.15) is 12.2 Å². The van der Waals surface area contributed by atoms with E-state index in [0.717, 1.165) is 32.3 Å². The Morgan fingerprint density at radius 3 is 3.09 bits per heavy atom. The van der Waals surface area contributed by atoms with Gasteiger partial charge in [0.15, 0.2) is 6.29 Å². The number of rotatable bonds is 4. The molecule has 0 saturated carbocycles. The van der Waals surface area contributed by atoms with E-state index in [9.17, 15) is 5.11 Å². The molecule has 23 heavy (non-hydrogen) atoms. The molecule has 1 aliphatic heterocycles. The highest BCUT2D eigenvalue weighted by molar-refractivity contribution is 5.42. The molecular formula is C19H24O4. The van der Waals surface area contributed by atoms with Crippen molar-refractivity contribution in [1.82, 2.24) is 0 Å². The van der Waals surface area contributed by atoms with Crippen LogP contribution in [-0.2, 0) is 9.47 Å². The summed E-state index contributed by atoms with van der Waals surface area (Å²) < 4.78 is 11.1. The average molecular weight is 316 g/mol. The Morgan fingerprint density at radius 2 is 2.30 bits per heavy atom. The van der Waals surface area contributed by atoms with Gasteiger partial charge in [0.05, 0.1) is 6.61 Å². The first-order chi connectivity index (χ1) is 11.2. The van der Waals surface area contributed by atoms with Crippen molar-refractivity contribution in [3.63, 3.8) is 0 Å². The molecule has 2 aliphatic rings. The molecule has 2 rings (SSSR count). The van der Waals surface area contributed by atoms with Crippen LogP contribution in [0.25, 0.3) is 0 Å². The monoisotopic (exact) mass is 316 g/mol. The third-order valence-electron chi connectivity index (χ3n) is 3.92. The number of ether oxygens (including phenoxy) is 2. The van der Waals surface area contributed by atoms with Crippen LogP contribution < -0.4 is 0 Å². The van der Waals surface area contributed by atoms with Crippen molar-refractivity contribution < 1.29 is 19.7 Å². The number of hydrogen-bond donors (Lipinski definition) is 2. The molecule has 1 saturated heterocycles. The Kier molecular flexibility index (Phi) is 7.39. The topological polar surface area (TPSA) is 58.9 Å². The minimum absolute atomic E-state index is 0.0888. The van der Waals surface area contributed by atoms with E-state index >= 15 is 0 Å². The third kappa shape index (κ3) is 5.86. The van der Waals surface area contributed by atoms with Crippen LogP contribution in [0.4, 0.5) is 0 Å². The molecule has 0 aromatic carbocycles. The number of hydrogen-bond acceptors (Lipinski definition) is 4. The van der Waals surface area contributed by atoms with E-state index in [1.54, 1.807) is 6.08 Å². The van der Waals surface area contributed by atoms with E-state index in [1.165, 1.54) is 0 Å². The highest BCUT2D eigenvalue weighted by atomic mass is 16.7. The van der Waals surface area contributed by atoms with Crippen LogP contribution in [0.3, 0.4) is 0 Å². The van der Waals surface area contributed by atoms with Crippen LogP contribution >= 0.6 is 0 Å². The molecule has 0 bridgehead atoms. The van der Waals surface area contributed by atoms with E-state index in [-0.39, 0.29) is 12.9 Å². The SMILES string of the molecule is OCC#CCC1(O)CCC=C1C#CC=CCOC1CCCCO1. The maximum absolute atomic E-state index is 10.5. The summed E-state index contributed by atoms with van der Waals surface area (Å²) >= 11 is 0. The molecular weight excluding hydrogens is 292 g/mol. The zero-order chi connectivity index (χ0) is 16.4. The van der Waals surface area contributed by atoms with Crippen molar-refractivity contribution in [2.24, 2.45) is 0 Å². The van der Waals surface area contributed by atoms with Crippen molar-refractivity contribution in [1.29, 1.82) is 0 Å². The quantitative estimate of drug-likeness (QED) is 0.778. The van der Waals surface area contributed by atoms with Gasteiger partial charge in [0, 0.05) is 18.6 Å². The van der Waals surface area contributed by atoms with Gasteiger partial charge in [-0.2, -0.15) is 0 Å². The Morgan fingerprint density at radius 1 is 1.39 bits per heavy atom. The summed E-state index contributed by atoms with van der Waals surface area (Å²) in [7, 11) is 0. The minimum atomic E-state index is -0.977. The summed E-state index contributed by atoms with van der Waals surface area (Å²) in [4.78, 5) is 0. The minimum Gasteiger partial charge on any atom is -0.384 e. The van der Waals surface area contributed by atoms with Crippen LogP contribution in [-0.4, -0.2) is 41.9 Å². The first-order valence-electron chi connectivity index (χ1n) is 8.14. The van der Waals surface area contributed by atoms with Gasteiger partial charge < -0.3 is 19.7 Å². The van der Waals surface area contributed by atoms with Crippen LogP contribution in [0.2, 0.25) is 0 Å². The van der Waals surface area contributed by atoms with Crippen molar-refractivity contribution in [3.05, 3.63) is 23.8 Å². The van der Waals surface area contributed by atoms with Gasteiger partial charge in [-0.1, -0.05) is 35.8 Å². The Hall–Kier alpha value is -1.56. The van der Waals surface area contributed by atoms with Crippen LogP contribution in [0.15, 0.2) is 23.8 Å². The van der Waals surface area contributed by atoms with Gasteiger partial charge in [-0.15, -0.1) is 0 Å². The number of aliphatic hydroxyl groups is 2. The van der Waals surface area contributed by atoms with E-state index in [1.807, 2.05) is 12.2 Å². The van der Waals surface area contributed by atoms with E-state index in [2.05, 4.69) is 23.7 Å². The fourth-order valence-corrected chi connectivity index (χ4v) is 2.63.